The van der Waals surface area contributed by atoms with Crippen LogP contribution in [-0.2, 0) is 12.8 Å². The molecule has 0 aliphatic heterocycles. The topological polar surface area (TPSA) is 44.2 Å². The zero-order valence-corrected chi connectivity index (χ0v) is 42.0. The zero-order valence-electron chi connectivity index (χ0n) is 42.0. The molecule has 2 aromatic carbocycles. The Morgan fingerprint density at radius 3 is 1.06 bits per heavy atom. The minimum absolute atomic E-state index is 0.812. The Labute approximate surface area is 398 Å². The van der Waals surface area contributed by atoms with Crippen molar-refractivity contribution in [3.05, 3.63) is 96.3 Å². The minimum Gasteiger partial charge on any atom is -0.494 e. The number of aryl methyl sites for hydroxylation is 2. The maximum atomic E-state index is 5.90. The quantitative estimate of drug-likeness (QED) is 0.0510. The van der Waals surface area contributed by atoms with Gasteiger partial charge in [0.2, 0.25) is 0 Å². The molecule has 0 bridgehead atoms. The van der Waals surface area contributed by atoms with Crippen LogP contribution in [0.1, 0.15) is 212 Å². The van der Waals surface area contributed by atoms with Gasteiger partial charge in [0.1, 0.15) is 11.5 Å². The maximum Gasteiger partial charge on any atom is 0.119 e. The number of benzene rings is 2. The van der Waals surface area contributed by atoms with Crippen LogP contribution < -0.4 is 9.47 Å². The molecular formula is C61H92N2O2. The molecule has 2 aliphatic rings. The van der Waals surface area contributed by atoms with E-state index in [0.29, 0.717) is 0 Å². The maximum absolute atomic E-state index is 5.90. The fourth-order valence-electron chi connectivity index (χ4n) is 10.3. The summed E-state index contributed by atoms with van der Waals surface area (Å²) in [7, 11) is 0. The first-order valence-corrected chi connectivity index (χ1v) is 27.4. The molecule has 0 spiro atoms. The van der Waals surface area contributed by atoms with Gasteiger partial charge in [0.25, 0.3) is 0 Å². The van der Waals surface area contributed by atoms with Crippen LogP contribution in [0.15, 0.2) is 85.2 Å². The van der Waals surface area contributed by atoms with Gasteiger partial charge < -0.3 is 9.47 Å². The molecule has 358 valence electrons. The van der Waals surface area contributed by atoms with Crippen molar-refractivity contribution in [2.24, 2.45) is 23.7 Å². The number of unbranched alkanes of at least 4 members (excludes halogenated alkanes) is 11. The predicted molar refractivity (Wildman–Crippen MR) is 279 cm³/mol. The van der Waals surface area contributed by atoms with Crippen LogP contribution >= 0.6 is 0 Å². The molecule has 2 fully saturated rings. The van der Waals surface area contributed by atoms with Crippen molar-refractivity contribution in [2.45, 2.75) is 214 Å². The zero-order chi connectivity index (χ0) is 45.6. The van der Waals surface area contributed by atoms with E-state index in [2.05, 4.69) is 113 Å². The Morgan fingerprint density at radius 1 is 0.369 bits per heavy atom. The van der Waals surface area contributed by atoms with Gasteiger partial charge in [-0.15, -0.1) is 0 Å². The molecule has 0 N–H and O–H groups in total. The lowest BCUT2D eigenvalue weighted by Gasteiger charge is -2.28. The second-order valence-electron chi connectivity index (χ2n) is 20.2. The van der Waals surface area contributed by atoms with Gasteiger partial charge in [0, 0.05) is 23.5 Å². The first-order valence-electron chi connectivity index (χ1n) is 27.4. The second-order valence-corrected chi connectivity index (χ2v) is 20.2. The smallest absolute Gasteiger partial charge is 0.119 e. The summed E-state index contributed by atoms with van der Waals surface area (Å²) in [6.45, 7) is 10.7. The first-order chi connectivity index (χ1) is 32.1. The van der Waals surface area contributed by atoms with E-state index in [1.54, 1.807) is 0 Å². The molecule has 4 nitrogen and oxygen atoms in total. The molecule has 4 heteroatoms. The van der Waals surface area contributed by atoms with Crippen LogP contribution in [0.3, 0.4) is 0 Å². The molecule has 2 heterocycles. The molecule has 0 atom stereocenters. The van der Waals surface area contributed by atoms with Crippen molar-refractivity contribution < 1.29 is 9.47 Å². The van der Waals surface area contributed by atoms with Crippen molar-refractivity contribution in [1.82, 2.24) is 9.97 Å². The van der Waals surface area contributed by atoms with Crippen LogP contribution in [0.2, 0.25) is 0 Å². The lowest BCUT2D eigenvalue weighted by atomic mass is 9.78. The number of hydrogen-bond acceptors (Lipinski definition) is 4. The third-order valence-corrected chi connectivity index (χ3v) is 14.8. The number of aromatic nitrogens is 2. The molecule has 0 saturated heterocycles. The highest BCUT2D eigenvalue weighted by Gasteiger charge is 2.22. The van der Waals surface area contributed by atoms with E-state index in [1.165, 1.54) is 190 Å². The first kappa shape index (κ1) is 52.3. The van der Waals surface area contributed by atoms with Crippen molar-refractivity contribution in [2.75, 3.05) is 13.2 Å². The summed E-state index contributed by atoms with van der Waals surface area (Å²) in [6, 6.07) is 25.7. The van der Waals surface area contributed by atoms with Gasteiger partial charge in [-0.1, -0.05) is 188 Å². The van der Waals surface area contributed by atoms with Crippen LogP contribution in [-0.4, -0.2) is 23.2 Å². The van der Waals surface area contributed by atoms with E-state index in [4.69, 9.17) is 19.4 Å². The number of hydrogen-bond donors (Lipinski definition) is 0. The lowest BCUT2D eigenvalue weighted by Crippen LogP contribution is -2.15. The second kappa shape index (κ2) is 32.1. The molecule has 2 aromatic heterocycles. The normalized spacial score (nSPS) is 18.5. The molecule has 0 unspecified atom stereocenters. The summed E-state index contributed by atoms with van der Waals surface area (Å²) in [5, 5.41) is 0. The number of ether oxygens (including phenoxy) is 2. The van der Waals surface area contributed by atoms with E-state index >= 15 is 0 Å². The van der Waals surface area contributed by atoms with Crippen molar-refractivity contribution in [1.29, 1.82) is 0 Å². The van der Waals surface area contributed by atoms with Crippen LogP contribution in [0, 0.1) is 23.7 Å². The molecule has 0 amide bonds. The van der Waals surface area contributed by atoms with E-state index in [1.807, 2.05) is 0 Å². The lowest BCUT2D eigenvalue weighted by molar-refractivity contribution is 0.249. The third kappa shape index (κ3) is 20.8. The predicted octanol–water partition coefficient (Wildman–Crippen LogP) is 18.4. The molecule has 2 saturated carbocycles. The van der Waals surface area contributed by atoms with Crippen molar-refractivity contribution in [3.63, 3.8) is 0 Å². The minimum atomic E-state index is 0.812. The van der Waals surface area contributed by atoms with Gasteiger partial charge in [0.15, 0.2) is 0 Å². The Bertz CT molecular complexity index is 1740. The number of rotatable bonds is 29. The molecule has 0 radical (unpaired) electrons. The average molecular weight is 885 g/mol. The van der Waals surface area contributed by atoms with Gasteiger partial charge in [-0.25, -0.2) is 0 Å². The van der Waals surface area contributed by atoms with E-state index in [-0.39, 0.29) is 0 Å². The number of nitrogens with zero attached hydrogens (tertiary/aromatic N) is 2. The van der Waals surface area contributed by atoms with Crippen molar-refractivity contribution >= 4 is 0 Å². The average Bonchev–Trinajstić information content (AvgIpc) is 3.35. The fourth-order valence-corrected chi connectivity index (χ4v) is 10.3. The summed E-state index contributed by atoms with van der Waals surface area (Å²) >= 11 is 0. The van der Waals surface area contributed by atoms with Gasteiger partial charge in [0.05, 0.1) is 24.6 Å². The molecule has 65 heavy (non-hydrogen) atoms. The van der Waals surface area contributed by atoms with Crippen LogP contribution in [0.25, 0.3) is 22.5 Å². The number of pyridine rings is 2. The monoisotopic (exact) mass is 885 g/mol. The SMILES string of the molecule is CCCCCCCOc1ccc(-c2ccc(CCC3CCC(CCCCC)CC3)cn2)cc1.CCCCCCOc1ccc(-c2ccc(CCC3CCC(CCCCC)CC3)cn2)cc1. The Hall–Kier alpha value is -3.66. The summed E-state index contributed by atoms with van der Waals surface area (Å²) in [4.78, 5) is 9.51. The highest BCUT2D eigenvalue weighted by Crippen LogP contribution is 2.36. The Kier molecular flexibility index (Phi) is 25.8. The van der Waals surface area contributed by atoms with Crippen molar-refractivity contribution in [3.8, 4) is 34.0 Å². The van der Waals surface area contributed by atoms with E-state index in [9.17, 15) is 0 Å². The van der Waals surface area contributed by atoms with Gasteiger partial charge >= 0.3 is 0 Å². The Balaban J connectivity index is 0.000000244. The highest BCUT2D eigenvalue weighted by atomic mass is 16.5. The Morgan fingerprint density at radius 2 is 0.708 bits per heavy atom. The molecule has 6 rings (SSSR count). The summed E-state index contributed by atoms with van der Waals surface area (Å²) in [6.07, 6.45) is 43.4. The van der Waals surface area contributed by atoms with E-state index in [0.717, 1.165) is 78.2 Å². The molecular weight excluding hydrogens is 793 g/mol. The summed E-state index contributed by atoms with van der Waals surface area (Å²) in [5.74, 6) is 5.79. The summed E-state index contributed by atoms with van der Waals surface area (Å²) in [5.41, 5.74) is 7.19. The highest BCUT2D eigenvalue weighted by molar-refractivity contribution is 5.61. The standard InChI is InChI=1S/C31H47NO.C30H45NO/c1-3-5-7-8-10-24-33-30-21-19-29(20-22-30)31-23-18-28(25-32-31)17-16-27-14-12-26(13-15-27)11-9-6-4-2;1-3-5-7-9-23-32-29-20-18-28(19-21-29)30-22-17-27(24-31-30)16-15-26-13-11-25(12-14-26)10-8-6-4-2/h18-23,25-27H,3-17,24H2,1-2H3;17-22,24-26H,3-16,23H2,1-2H3. The third-order valence-electron chi connectivity index (χ3n) is 14.8. The van der Waals surface area contributed by atoms with E-state index < -0.39 is 0 Å². The molecule has 2 aliphatic carbocycles. The van der Waals surface area contributed by atoms with Crippen LogP contribution in [0.5, 0.6) is 11.5 Å². The van der Waals surface area contributed by atoms with Gasteiger partial charge in [-0.05, 0) is 134 Å². The largest absolute Gasteiger partial charge is 0.494 e. The van der Waals surface area contributed by atoms with Gasteiger partial charge in [-0.2, -0.15) is 0 Å². The van der Waals surface area contributed by atoms with Crippen LogP contribution in [0.4, 0.5) is 0 Å². The molecule has 4 aromatic rings. The van der Waals surface area contributed by atoms with Gasteiger partial charge in [-0.3, -0.25) is 9.97 Å². The summed E-state index contributed by atoms with van der Waals surface area (Å²) < 4.78 is 11.8. The fraction of sp³-hybridized carbons (Fsp3) is 0.639.